The Labute approximate surface area is 129 Å². The van der Waals surface area contributed by atoms with Crippen molar-refractivity contribution in [1.29, 1.82) is 0 Å². The van der Waals surface area contributed by atoms with Gasteiger partial charge in [0.1, 0.15) is 5.69 Å². The lowest BCUT2D eigenvalue weighted by atomic mass is 10.0. The monoisotopic (exact) mass is 297 g/mol. The van der Waals surface area contributed by atoms with Crippen LogP contribution in [0, 0.1) is 0 Å². The van der Waals surface area contributed by atoms with E-state index in [0.717, 1.165) is 24.9 Å². The molecule has 22 heavy (non-hydrogen) atoms. The molecule has 5 heteroatoms. The molecular formula is C17H19N3O2. The first-order valence-corrected chi connectivity index (χ1v) is 7.68. The van der Waals surface area contributed by atoms with Gasteiger partial charge in [-0.05, 0) is 37.0 Å². The standard InChI is InChI=1S/C17H19N3O2/c1-2-11-20-16(21)10-9-14(18-20)17(22)19-12-5-7-13-6-3-4-8-15(13)19/h3-4,6,8-10H,2,5,7,11-12H2,1H3. The molecule has 0 aliphatic carbocycles. The summed E-state index contributed by atoms with van der Waals surface area (Å²) in [5.74, 6) is -0.142. The summed E-state index contributed by atoms with van der Waals surface area (Å²) in [5, 5.41) is 4.22. The number of anilines is 1. The first kappa shape index (κ1) is 14.5. The maximum Gasteiger partial charge on any atom is 0.278 e. The minimum atomic E-state index is -0.169. The van der Waals surface area contributed by atoms with Gasteiger partial charge in [0, 0.05) is 24.8 Å². The van der Waals surface area contributed by atoms with E-state index < -0.39 is 0 Å². The zero-order chi connectivity index (χ0) is 15.5. The number of aryl methyl sites for hydroxylation is 2. The highest BCUT2D eigenvalue weighted by Gasteiger charge is 2.24. The van der Waals surface area contributed by atoms with Crippen molar-refractivity contribution in [3.63, 3.8) is 0 Å². The maximum atomic E-state index is 12.8. The van der Waals surface area contributed by atoms with E-state index in [1.165, 1.54) is 22.4 Å². The van der Waals surface area contributed by atoms with Crippen molar-refractivity contribution in [2.75, 3.05) is 11.4 Å². The highest BCUT2D eigenvalue weighted by molar-refractivity contribution is 6.05. The van der Waals surface area contributed by atoms with Gasteiger partial charge >= 0.3 is 0 Å². The van der Waals surface area contributed by atoms with Crippen LogP contribution in [0.4, 0.5) is 5.69 Å². The van der Waals surface area contributed by atoms with Crippen molar-refractivity contribution in [2.24, 2.45) is 0 Å². The Bertz CT molecular complexity index is 752. The van der Waals surface area contributed by atoms with Gasteiger partial charge in [0.15, 0.2) is 0 Å². The second kappa shape index (κ2) is 6.13. The Morgan fingerprint density at radius 2 is 2.05 bits per heavy atom. The van der Waals surface area contributed by atoms with E-state index >= 15 is 0 Å². The van der Waals surface area contributed by atoms with Gasteiger partial charge in [0.05, 0.1) is 0 Å². The summed E-state index contributed by atoms with van der Waals surface area (Å²) in [6.45, 7) is 3.18. The van der Waals surface area contributed by atoms with Crippen LogP contribution in [0.3, 0.4) is 0 Å². The summed E-state index contributed by atoms with van der Waals surface area (Å²) in [7, 11) is 0. The van der Waals surface area contributed by atoms with Crippen LogP contribution in [0.1, 0.15) is 35.8 Å². The van der Waals surface area contributed by atoms with Gasteiger partial charge in [-0.2, -0.15) is 5.10 Å². The topological polar surface area (TPSA) is 55.2 Å². The van der Waals surface area contributed by atoms with Crippen molar-refractivity contribution in [1.82, 2.24) is 9.78 Å². The Morgan fingerprint density at radius 1 is 1.23 bits per heavy atom. The molecule has 0 atom stereocenters. The van der Waals surface area contributed by atoms with Crippen molar-refractivity contribution in [3.8, 4) is 0 Å². The summed E-state index contributed by atoms with van der Waals surface area (Å²) in [4.78, 5) is 26.3. The molecule has 114 valence electrons. The van der Waals surface area contributed by atoms with Crippen LogP contribution in [0.2, 0.25) is 0 Å². The van der Waals surface area contributed by atoms with Crippen LogP contribution in [0.5, 0.6) is 0 Å². The van der Waals surface area contributed by atoms with Gasteiger partial charge in [-0.1, -0.05) is 25.1 Å². The van der Waals surface area contributed by atoms with Crippen molar-refractivity contribution >= 4 is 11.6 Å². The normalized spacial score (nSPS) is 13.8. The molecule has 1 amide bonds. The summed E-state index contributed by atoms with van der Waals surface area (Å²) in [5.41, 5.74) is 2.29. The predicted molar refractivity (Wildman–Crippen MR) is 85.2 cm³/mol. The zero-order valence-corrected chi connectivity index (χ0v) is 12.7. The fraction of sp³-hybridized carbons (Fsp3) is 0.353. The Kier molecular flexibility index (Phi) is 4.04. The largest absolute Gasteiger partial charge is 0.307 e. The van der Waals surface area contributed by atoms with Crippen LogP contribution in [-0.4, -0.2) is 22.2 Å². The number of fused-ring (bicyclic) bond motifs is 1. The Balaban J connectivity index is 1.95. The molecule has 0 unspecified atom stereocenters. The second-order valence-corrected chi connectivity index (χ2v) is 5.47. The molecule has 0 radical (unpaired) electrons. The summed E-state index contributed by atoms with van der Waals surface area (Å²) in [6.07, 6.45) is 2.73. The number of benzene rings is 1. The van der Waals surface area contributed by atoms with Crippen molar-refractivity contribution in [3.05, 3.63) is 58.0 Å². The van der Waals surface area contributed by atoms with Crippen LogP contribution < -0.4 is 10.5 Å². The number of aromatic nitrogens is 2. The number of carbonyl (C=O) groups excluding carboxylic acids is 1. The first-order valence-electron chi connectivity index (χ1n) is 7.68. The molecular weight excluding hydrogens is 278 g/mol. The van der Waals surface area contributed by atoms with Gasteiger partial charge in [-0.3, -0.25) is 9.59 Å². The molecule has 1 aromatic heterocycles. The molecule has 0 N–H and O–H groups in total. The van der Waals surface area contributed by atoms with Crippen molar-refractivity contribution < 1.29 is 4.79 Å². The highest BCUT2D eigenvalue weighted by Crippen LogP contribution is 2.27. The molecule has 5 nitrogen and oxygen atoms in total. The van der Waals surface area contributed by atoms with Gasteiger partial charge in [0.25, 0.3) is 11.5 Å². The molecule has 1 aromatic carbocycles. The molecule has 1 aliphatic rings. The molecule has 0 saturated carbocycles. The first-order chi connectivity index (χ1) is 10.7. The molecule has 3 rings (SSSR count). The van der Waals surface area contributed by atoms with Gasteiger partial charge in [0.2, 0.25) is 0 Å². The third kappa shape index (κ3) is 2.66. The van der Waals surface area contributed by atoms with Crippen LogP contribution in [0.25, 0.3) is 0 Å². The molecule has 0 spiro atoms. The van der Waals surface area contributed by atoms with Crippen LogP contribution in [-0.2, 0) is 13.0 Å². The molecule has 0 saturated heterocycles. The minimum Gasteiger partial charge on any atom is -0.307 e. The third-order valence-corrected chi connectivity index (χ3v) is 3.88. The van der Waals surface area contributed by atoms with Gasteiger partial charge in [-0.25, -0.2) is 4.68 Å². The van der Waals surface area contributed by atoms with Crippen LogP contribution in [0.15, 0.2) is 41.2 Å². The van der Waals surface area contributed by atoms with Gasteiger partial charge in [-0.15, -0.1) is 0 Å². The average Bonchev–Trinajstić information content (AvgIpc) is 2.56. The third-order valence-electron chi connectivity index (χ3n) is 3.88. The average molecular weight is 297 g/mol. The lowest BCUT2D eigenvalue weighted by molar-refractivity contribution is 0.0977. The smallest absolute Gasteiger partial charge is 0.278 e. The molecule has 0 fully saturated rings. The number of hydrogen-bond donors (Lipinski definition) is 0. The number of amides is 1. The number of nitrogens with zero attached hydrogens (tertiary/aromatic N) is 3. The minimum absolute atomic E-state index is 0.142. The number of carbonyl (C=O) groups is 1. The summed E-state index contributed by atoms with van der Waals surface area (Å²) in [6, 6.07) is 10.9. The summed E-state index contributed by atoms with van der Waals surface area (Å²) < 4.78 is 1.36. The maximum absolute atomic E-state index is 12.8. The van der Waals surface area contributed by atoms with E-state index in [2.05, 4.69) is 11.2 Å². The van der Waals surface area contributed by atoms with E-state index in [-0.39, 0.29) is 11.5 Å². The quantitative estimate of drug-likeness (QED) is 0.873. The van der Waals surface area contributed by atoms with E-state index in [4.69, 9.17) is 0 Å². The molecule has 2 heterocycles. The lowest BCUT2D eigenvalue weighted by Gasteiger charge is -2.29. The Hall–Kier alpha value is -2.43. The van der Waals surface area contributed by atoms with E-state index in [9.17, 15) is 9.59 Å². The number of para-hydroxylation sites is 1. The summed E-state index contributed by atoms with van der Waals surface area (Å²) >= 11 is 0. The van der Waals surface area contributed by atoms with Crippen LogP contribution >= 0.6 is 0 Å². The Morgan fingerprint density at radius 3 is 2.86 bits per heavy atom. The number of hydrogen-bond acceptors (Lipinski definition) is 3. The SMILES string of the molecule is CCCn1nc(C(=O)N2CCCc3ccccc32)ccc1=O. The predicted octanol–water partition coefficient (Wildman–Crippen LogP) is 2.25. The van der Waals surface area contributed by atoms with Gasteiger partial charge < -0.3 is 4.90 Å². The fourth-order valence-electron chi connectivity index (χ4n) is 2.82. The lowest BCUT2D eigenvalue weighted by Crippen LogP contribution is -2.37. The molecule has 0 bridgehead atoms. The van der Waals surface area contributed by atoms with E-state index in [0.29, 0.717) is 18.8 Å². The molecule has 1 aliphatic heterocycles. The van der Waals surface area contributed by atoms with E-state index in [1.807, 2.05) is 25.1 Å². The van der Waals surface area contributed by atoms with E-state index in [1.54, 1.807) is 4.90 Å². The fourth-order valence-corrected chi connectivity index (χ4v) is 2.82. The molecule has 2 aromatic rings. The zero-order valence-electron chi connectivity index (χ0n) is 12.7. The highest BCUT2D eigenvalue weighted by atomic mass is 16.2. The van der Waals surface area contributed by atoms with Crippen molar-refractivity contribution in [2.45, 2.75) is 32.7 Å². The second-order valence-electron chi connectivity index (χ2n) is 5.47. The number of rotatable bonds is 3.